The molecule has 1 N–H and O–H groups in total. The summed E-state index contributed by atoms with van der Waals surface area (Å²) in [6.07, 6.45) is 1.83. The molecule has 1 rings (SSSR count). The van der Waals surface area contributed by atoms with Crippen LogP contribution in [0.1, 0.15) is 17.4 Å². The van der Waals surface area contributed by atoms with Crippen LogP contribution in [0.25, 0.3) is 0 Å². The molecule has 0 aliphatic carbocycles. The van der Waals surface area contributed by atoms with E-state index in [0.717, 1.165) is 0 Å². The minimum atomic E-state index is -0.547. The van der Waals surface area contributed by atoms with Crippen molar-refractivity contribution in [3.8, 4) is 0 Å². The average Bonchev–Trinajstić information content (AvgIpc) is 2.17. The fourth-order valence-corrected chi connectivity index (χ4v) is 1.34. The number of aromatic nitrogens is 3. The van der Waals surface area contributed by atoms with Crippen molar-refractivity contribution in [3.05, 3.63) is 10.3 Å². The summed E-state index contributed by atoms with van der Waals surface area (Å²) in [4.78, 5) is 15.2. The Morgan fingerprint density at radius 2 is 2.43 bits per heavy atom. The zero-order valence-corrected chi connectivity index (χ0v) is 9.37. The third-order valence-corrected chi connectivity index (χ3v) is 2.19. The Hall–Kier alpha value is -0.950. The van der Waals surface area contributed by atoms with Crippen molar-refractivity contribution < 1.29 is 9.53 Å². The van der Waals surface area contributed by atoms with Crippen LogP contribution in [-0.2, 0) is 4.74 Å². The third-order valence-electron chi connectivity index (χ3n) is 1.33. The molecule has 1 heterocycles. The van der Waals surface area contributed by atoms with Gasteiger partial charge in [-0.15, -0.1) is 0 Å². The molecule has 1 aromatic heterocycles. The summed E-state index contributed by atoms with van der Waals surface area (Å²) in [5.74, 6) is -0.547. The Labute approximate surface area is 90.3 Å². The van der Waals surface area contributed by atoms with E-state index in [1.807, 2.05) is 6.26 Å². The normalized spacial score (nSPS) is 9.86. The monoisotopic (exact) mass is 231 g/mol. The maximum absolute atomic E-state index is 11.2. The van der Waals surface area contributed by atoms with Gasteiger partial charge < -0.3 is 4.74 Å². The van der Waals surface area contributed by atoms with Gasteiger partial charge in [0.2, 0.25) is 5.69 Å². The van der Waals surface area contributed by atoms with Crippen molar-refractivity contribution in [2.75, 3.05) is 12.9 Å². The molecule has 0 bridgehead atoms. The average molecular weight is 231 g/mol. The highest BCUT2D eigenvalue weighted by Crippen LogP contribution is 2.07. The van der Waals surface area contributed by atoms with E-state index in [4.69, 9.17) is 17.0 Å². The summed E-state index contributed by atoms with van der Waals surface area (Å²) in [7, 11) is 0. The minimum absolute atomic E-state index is 0.0552. The predicted octanol–water partition coefficient (Wildman–Crippen LogP) is 1.43. The van der Waals surface area contributed by atoms with Crippen molar-refractivity contribution in [2.24, 2.45) is 0 Å². The largest absolute Gasteiger partial charge is 0.461 e. The van der Waals surface area contributed by atoms with Crippen LogP contribution in [0.5, 0.6) is 0 Å². The molecule has 7 heteroatoms. The van der Waals surface area contributed by atoms with E-state index >= 15 is 0 Å². The number of hydrogen-bond donors (Lipinski definition) is 1. The molecular weight excluding hydrogens is 222 g/mol. The lowest BCUT2D eigenvalue weighted by Crippen LogP contribution is -2.10. The van der Waals surface area contributed by atoms with E-state index in [0.29, 0.717) is 11.8 Å². The van der Waals surface area contributed by atoms with Gasteiger partial charge in [-0.2, -0.15) is 5.10 Å². The molecule has 14 heavy (non-hydrogen) atoms. The molecule has 0 unspecified atom stereocenters. The zero-order valence-electron chi connectivity index (χ0n) is 7.73. The van der Waals surface area contributed by atoms with E-state index < -0.39 is 5.97 Å². The van der Waals surface area contributed by atoms with Crippen LogP contribution in [0.2, 0.25) is 0 Å². The van der Waals surface area contributed by atoms with Gasteiger partial charge in [0.15, 0.2) is 9.80 Å². The third kappa shape index (κ3) is 2.52. The first-order valence-electron chi connectivity index (χ1n) is 3.86. The van der Waals surface area contributed by atoms with Crippen LogP contribution in [0.3, 0.4) is 0 Å². The van der Waals surface area contributed by atoms with Crippen LogP contribution >= 0.6 is 24.0 Å². The molecule has 0 radical (unpaired) electrons. The second-order valence-electron chi connectivity index (χ2n) is 2.22. The fourth-order valence-electron chi connectivity index (χ4n) is 0.745. The summed E-state index contributed by atoms with van der Waals surface area (Å²) < 4.78 is 4.91. The lowest BCUT2D eigenvalue weighted by molar-refractivity contribution is 0.0516. The number of nitrogens with one attached hydrogen (secondary N) is 1. The Balaban J connectivity index is 3.00. The number of nitrogens with zero attached hydrogens (tertiary/aromatic N) is 2. The maximum Gasteiger partial charge on any atom is 0.361 e. The fraction of sp³-hybridized carbons (Fsp3) is 0.429. The van der Waals surface area contributed by atoms with Gasteiger partial charge in [-0.1, -0.05) is 24.0 Å². The number of rotatable bonds is 3. The molecule has 0 fully saturated rings. The van der Waals surface area contributed by atoms with Gasteiger partial charge in [0.1, 0.15) is 0 Å². The molecule has 1 aromatic rings. The molecule has 0 aliphatic heterocycles. The van der Waals surface area contributed by atoms with Crippen LogP contribution < -0.4 is 0 Å². The summed E-state index contributed by atoms with van der Waals surface area (Å²) in [5, 5.41) is 6.95. The van der Waals surface area contributed by atoms with E-state index in [1.54, 1.807) is 6.92 Å². The summed E-state index contributed by atoms with van der Waals surface area (Å²) >= 11 is 6.26. The number of ether oxygens (including phenoxy) is 1. The molecule has 0 atom stereocenters. The van der Waals surface area contributed by atoms with Crippen LogP contribution in [0.4, 0.5) is 0 Å². The van der Waals surface area contributed by atoms with Gasteiger partial charge in [0.05, 0.1) is 6.61 Å². The highest BCUT2D eigenvalue weighted by Gasteiger charge is 2.12. The molecular formula is C7H9N3O2S2. The molecule has 0 aromatic carbocycles. The van der Waals surface area contributed by atoms with Crippen molar-refractivity contribution in [1.82, 2.24) is 15.2 Å². The molecule has 0 amide bonds. The Morgan fingerprint density at radius 3 is 2.93 bits per heavy atom. The van der Waals surface area contributed by atoms with Crippen LogP contribution in [-0.4, -0.2) is 34.0 Å². The lowest BCUT2D eigenvalue weighted by Gasteiger charge is -2.00. The number of carbonyl (C=O) groups excluding carboxylic acids is 1. The second-order valence-corrected chi connectivity index (χ2v) is 3.40. The molecule has 0 saturated heterocycles. The quantitative estimate of drug-likeness (QED) is 0.482. The first-order valence-corrected chi connectivity index (χ1v) is 5.50. The molecule has 0 spiro atoms. The number of thioether (sulfide) groups is 1. The topological polar surface area (TPSA) is 67.9 Å². The standard InChI is InChI=1S/C7H9N3O2S2/c1-3-12-6(11)4-5(13)8-7(14-2)10-9-4/h3H2,1-2H3,(H,8,10,13). The number of carbonyl (C=O) groups is 1. The first-order chi connectivity index (χ1) is 6.69. The summed E-state index contributed by atoms with van der Waals surface area (Å²) in [6, 6.07) is 0. The molecule has 0 saturated carbocycles. The highest BCUT2D eigenvalue weighted by molar-refractivity contribution is 7.98. The smallest absolute Gasteiger partial charge is 0.361 e. The van der Waals surface area contributed by atoms with E-state index in [2.05, 4.69) is 15.2 Å². The van der Waals surface area contributed by atoms with Gasteiger partial charge >= 0.3 is 5.97 Å². The van der Waals surface area contributed by atoms with Gasteiger partial charge in [-0.3, -0.25) is 5.10 Å². The summed E-state index contributed by atoms with van der Waals surface area (Å²) in [5.41, 5.74) is 0.0552. The van der Waals surface area contributed by atoms with Crippen LogP contribution in [0.15, 0.2) is 5.16 Å². The van der Waals surface area contributed by atoms with Crippen molar-refractivity contribution in [3.63, 3.8) is 0 Å². The van der Waals surface area contributed by atoms with Gasteiger partial charge in [0, 0.05) is 0 Å². The van der Waals surface area contributed by atoms with E-state index in [9.17, 15) is 4.79 Å². The zero-order chi connectivity index (χ0) is 10.6. The summed E-state index contributed by atoms with van der Waals surface area (Å²) in [6.45, 7) is 2.01. The number of esters is 1. The van der Waals surface area contributed by atoms with Gasteiger partial charge in [-0.25, -0.2) is 9.78 Å². The first kappa shape index (κ1) is 11.1. The number of H-pyrrole nitrogens is 1. The van der Waals surface area contributed by atoms with Crippen molar-refractivity contribution in [2.45, 2.75) is 12.1 Å². The lowest BCUT2D eigenvalue weighted by atomic mass is 10.5. The van der Waals surface area contributed by atoms with E-state index in [-0.39, 0.29) is 10.3 Å². The Morgan fingerprint density at radius 1 is 1.71 bits per heavy atom. The number of hydrogen-bond acceptors (Lipinski definition) is 6. The van der Waals surface area contributed by atoms with Crippen LogP contribution in [0, 0.1) is 4.64 Å². The highest BCUT2D eigenvalue weighted by atomic mass is 32.2. The predicted molar refractivity (Wildman–Crippen MR) is 55.0 cm³/mol. The second kappa shape index (κ2) is 5.06. The minimum Gasteiger partial charge on any atom is -0.461 e. The van der Waals surface area contributed by atoms with Gasteiger partial charge in [0.25, 0.3) is 0 Å². The van der Waals surface area contributed by atoms with E-state index in [1.165, 1.54) is 11.8 Å². The molecule has 76 valence electrons. The van der Waals surface area contributed by atoms with Crippen molar-refractivity contribution >= 4 is 29.9 Å². The Kier molecular flexibility index (Phi) is 4.02. The van der Waals surface area contributed by atoms with Crippen molar-refractivity contribution in [1.29, 1.82) is 0 Å². The van der Waals surface area contributed by atoms with Gasteiger partial charge in [-0.05, 0) is 13.2 Å². The Bertz CT molecular complexity index is 391. The molecule has 0 aliphatic rings. The SMILES string of the molecule is CCOC(=O)c1n[nH]c(SC)nc1=S. The maximum atomic E-state index is 11.2. The number of aromatic amines is 1. The molecule has 5 nitrogen and oxygen atoms in total.